The van der Waals surface area contributed by atoms with Crippen LogP contribution in [-0.2, 0) is 4.57 Å². The molecule has 1 aliphatic rings. The summed E-state index contributed by atoms with van der Waals surface area (Å²) in [6, 6.07) is 21.4. The van der Waals surface area contributed by atoms with Gasteiger partial charge >= 0.3 is 7.82 Å². The molecule has 0 saturated carbocycles. The van der Waals surface area contributed by atoms with E-state index in [0.29, 0.717) is 11.5 Å². The van der Waals surface area contributed by atoms with E-state index in [-0.39, 0.29) is 0 Å². The molecule has 4 aromatic rings. The van der Waals surface area contributed by atoms with Crippen LogP contribution in [0, 0.1) is 6.92 Å². The van der Waals surface area contributed by atoms with Gasteiger partial charge in [0.2, 0.25) is 0 Å². The molecule has 26 heavy (non-hydrogen) atoms. The number of rotatable bonds is 0. The SMILES string of the molecule is Cc1cc2ccccc2c2c1OP(=O)(O)Oc1ccc3ccccc3c1-2. The summed E-state index contributed by atoms with van der Waals surface area (Å²) >= 11 is 0. The Hall–Kier alpha value is -2.81. The highest BCUT2D eigenvalue weighted by atomic mass is 31.2. The highest BCUT2D eigenvalue weighted by Crippen LogP contribution is 2.57. The van der Waals surface area contributed by atoms with Crippen LogP contribution in [0.4, 0.5) is 0 Å². The Kier molecular flexibility index (Phi) is 3.17. The van der Waals surface area contributed by atoms with E-state index in [1.165, 1.54) is 0 Å². The number of fused-ring (bicyclic) bond motifs is 7. The minimum Gasteiger partial charge on any atom is -0.395 e. The quantitative estimate of drug-likeness (QED) is 0.399. The molecule has 128 valence electrons. The van der Waals surface area contributed by atoms with E-state index < -0.39 is 7.82 Å². The molecule has 1 heterocycles. The Balaban J connectivity index is 2.05. The summed E-state index contributed by atoms with van der Waals surface area (Å²) in [6.07, 6.45) is 0. The van der Waals surface area contributed by atoms with Crippen molar-refractivity contribution < 1.29 is 18.5 Å². The summed E-state index contributed by atoms with van der Waals surface area (Å²) in [5.74, 6) is 0.744. The van der Waals surface area contributed by atoms with Crippen LogP contribution < -0.4 is 9.05 Å². The fourth-order valence-electron chi connectivity index (χ4n) is 3.68. The van der Waals surface area contributed by atoms with Crippen molar-refractivity contribution in [2.75, 3.05) is 0 Å². The van der Waals surface area contributed by atoms with Crippen LogP contribution in [0.1, 0.15) is 5.56 Å². The topological polar surface area (TPSA) is 55.8 Å². The second kappa shape index (κ2) is 5.34. The van der Waals surface area contributed by atoms with Gasteiger partial charge in [0.25, 0.3) is 0 Å². The smallest absolute Gasteiger partial charge is 0.395 e. The van der Waals surface area contributed by atoms with Crippen molar-refractivity contribution in [2.24, 2.45) is 0 Å². The molecule has 0 radical (unpaired) electrons. The molecule has 0 aromatic heterocycles. The van der Waals surface area contributed by atoms with Gasteiger partial charge in [-0.25, -0.2) is 4.57 Å². The zero-order valence-corrected chi connectivity index (χ0v) is 14.9. The number of hydrogen-bond acceptors (Lipinski definition) is 3. The van der Waals surface area contributed by atoms with Gasteiger partial charge in [-0.1, -0.05) is 54.6 Å². The maximum atomic E-state index is 12.5. The number of aryl methyl sites for hydroxylation is 1. The average Bonchev–Trinajstić information content (AvgIpc) is 2.75. The minimum atomic E-state index is -4.28. The molecule has 4 nitrogen and oxygen atoms in total. The summed E-state index contributed by atoms with van der Waals surface area (Å²) in [4.78, 5) is 10.2. The highest BCUT2D eigenvalue weighted by Gasteiger charge is 2.34. The number of phosphoric ester groups is 1. The zero-order chi connectivity index (χ0) is 17.9. The highest BCUT2D eigenvalue weighted by molar-refractivity contribution is 7.48. The van der Waals surface area contributed by atoms with Gasteiger partial charge in [0.15, 0.2) is 0 Å². The standard InChI is InChI=1S/C21H15O4P/c1-13-12-15-7-3-5-9-17(15)20-19-16-8-4-2-6-14(16)10-11-18(19)24-26(22,23)25-21(13)20/h2-12H,1H3,(H,22,23). The fourth-order valence-corrected chi connectivity index (χ4v) is 4.58. The molecule has 0 fully saturated rings. The Bertz CT molecular complexity index is 1250. The summed E-state index contributed by atoms with van der Waals surface area (Å²) < 4.78 is 23.4. The van der Waals surface area contributed by atoms with Gasteiger partial charge < -0.3 is 9.05 Å². The second-order valence-electron chi connectivity index (χ2n) is 6.43. The molecule has 5 rings (SSSR count). The van der Waals surface area contributed by atoms with Gasteiger partial charge in [0.05, 0.1) is 0 Å². The van der Waals surface area contributed by atoms with Gasteiger partial charge in [-0.15, -0.1) is 0 Å². The molecule has 5 heteroatoms. The molecule has 0 aliphatic carbocycles. The molecule has 1 atom stereocenters. The van der Waals surface area contributed by atoms with Crippen LogP contribution >= 0.6 is 7.82 Å². The minimum absolute atomic E-state index is 0.351. The zero-order valence-electron chi connectivity index (χ0n) is 14.0. The first kappa shape index (κ1) is 15.4. The Morgan fingerprint density at radius 3 is 2.23 bits per heavy atom. The molecule has 0 spiro atoms. The lowest BCUT2D eigenvalue weighted by Crippen LogP contribution is -1.98. The largest absolute Gasteiger partial charge is 0.584 e. The van der Waals surface area contributed by atoms with E-state index in [2.05, 4.69) is 0 Å². The third-order valence-corrected chi connectivity index (χ3v) is 5.59. The molecule has 0 saturated heterocycles. The summed E-state index contributed by atoms with van der Waals surface area (Å²) in [5.41, 5.74) is 2.36. The predicted molar refractivity (Wildman–Crippen MR) is 103 cm³/mol. The van der Waals surface area contributed by atoms with E-state index in [4.69, 9.17) is 9.05 Å². The Morgan fingerprint density at radius 1 is 0.808 bits per heavy atom. The first-order valence-corrected chi connectivity index (χ1v) is 9.79. The summed E-state index contributed by atoms with van der Waals surface area (Å²) in [6.45, 7) is 1.88. The van der Waals surface area contributed by atoms with Crippen molar-refractivity contribution in [1.29, 1.82) is 0 Å². The van der Waals surface area contributed by atoms with Crippen molar-refractivity contribution in [1.82, 2.24) is 0 Å². The van der Waals surface area contributed by atoms with Crippen LogP contribution in [0.25, 0.3) is 32.7 Å². The monoisotopic (exact) mass is 362 g/mol. The lowest BCUT2D eigenvalue weighted by Gasteiger charge is -2.15. The molecule has 4 aromatic carbocycles. The third kappa shape index (κ3) is 2.23. The van der Waals surface area contributed by atoms with Gasteiger partial charge in [-0.3, -0.25) is 4.89 Å². The van der Waals surface area contributed by atoms with Crippen LogP contribution in [0.2, 0.25) is 0 Å². The van der Waals surface area contributed by atoms with Gasteiger partial charge in [-0.2, -0.15) is 0 Å². The van der Waals surface area contributed by atoms with Crippen LogP contribution in [0.5, 0.6) is 11.5 Å². The fraction of sp³-hybridized carbons (Fsp3) is 0.0476. The van der Waals surface area contributed by atoms with Gasteiger partial charge in [-0.05, 0) is 46.2 Å². The molecule has 0 bridgehead atoms. The second-order valence-corrected chi connectivity index (χ2v) is 7.73. The lowest BCUT2D eigenvalue weighted by atomic mass is 9.91. The number of phosphoric acid groups is 1. The normalized spacial score (nSPS) is 18.5. The summed E-state index contributed by atoms with van der Waals surface area (Å²) in [7, 11) is -4.28. The number of benzene rings is 4. The van der Waals surface area contributed by atoms with E-state index in [0.717, 1.165) is 38.2 Å². The van der Waals surface area contributed by atoms with Crippen LogP contribution in [0.15, 0.2) is 66.7 Å². The third-order valence-electron chi connectivity index (χ3n) is 4.75. The molecular formula is C21H15O4P. The number of hydrogen-bond donors (Lipinski definition) is 1. The maximum Gasteiger partial charge on any atom is 0.584 e. The molecule has 0 amide bonds. The van der Waals surface area contributed by atoms with Crippen molar-refractivity contribution in [3.05, 3.63) is 72.3 Å². The van der Waals surface area contributed by atoms with Crippen molar-refractivity contribution in [2.45, 2.75) is 6.92 Å². The van der Waals surface area contributed by atoms with Gasteiger partial charge in [0, 0.05) is 11.1 Å². The van der Waals surface area contributed by atoms with Crippen LogP contribution in [-0.4, -0.2) is 4.89 Å². The Morgan fingerprint density at radius 2 is 1.46 bits per heavy atom. The first-order valence-electron chi connectivity index (χ1n) is 8.30. The molecule has 1 aliphatic heterocycles. The lowest BCUT2D eigenvalue weighted by molar-refractivity contribution is 0.294. The van der Waals surface area contributed by atoms with Crippen molar-refractivity contribution in [3.8, 4) is 22.6 Å². The van der Waals surface area contributed by atoms with Crippen molar-refractivity contribution >= 4 is 29.4 Å². The maximum absolute atomic E-state index is 12.5. The molecular weight excluding hydrogens is 347 g/mol. The average molecular weight is 362 g/mol. The van der Waals surface area contributed by atoms with E-state index in [9.17, 15) is 9.46 Å². The summed E-state index contributed by atoms with van der Waals surface area (Å²) in [5, 5.41) is 3.98. The predicted octanol–water partition coefficient (Wildman–Crippen LogP) is 5.84. The van der Waals surface area contributed by atoms with Crippen molar-refractivity contribution in [3.63, 3.8) is 0 Å². The van der Waals surface area contributed by atoms with E-state index in [1.807, 2.05) is 67.6 Å². The van der Waals surface area contributed by atoms with Gasteiger partial charge in [0.1, 0.15) is 11.5 Å². The Labute approximate surface area is 150 Å². The molecule has 1 N–H and O–H groups in total. The van der Waals surface area contributed by atoms with E-state index in [1.54, 1.807) is 6.07 Å². The van der Waals surface area contributed by atoms with E-state index >= 15 is 0 Å². The first-order chi connectivity index (χ1) is 12.5. The van der Waals surface area contributed by atoms with Crippen LogP contribution in [0.3, 0.4) is 0 Å². The molecule has 1 unspecified atom stereocenters.